The minimum atomic E-state index is -0.795. The number of nitro groups is 1. The summed E-state index contributed by atoms with van der Waals surface area (Å²) in [4.78, 5) is 27.0. The number of nitrogens with zero attached hydrogens (tertiary/aromatic N) is 2. The summed E-state index contributed by atoms with van der Waals surface area (Å²) in [6.07, 6.45) is 3.70. The van der Waals surface area contributed by atoms with Crippen LogP contribution in [0.15, 0.2) is 24.3 Å². The minimum absolute atomic E-state index is 0.0518. The third-order valence-electron chi connectivity index (χ3n) is 4.10. The molecule has 1 aromatic carbocycles. The Morgan fingerprint density at radius 2 is 1.86 bits per heavy atom. The summed E-state index contributed by atoms with van der Waals surface area (Å²) in [5.41, 5.74) is -0.0518. The lowest BCUT2D eigenvalue weighted by Gasteiger charge is -2.42. The van der Waals surface area contributed by atoms with Gasteiger partial charge in [0.15, 0.2) is 0 Å². The topological polar surface area (TPSA) is 81.9 Å². The van der Waals surface area contributed by atoms with Crippen LogP contribution in [0.1, 0.15) is 25.7 Å². The van der Waals surface area contributed by atoms with Gasteiger partial charge in [-0.05, 0) is 43.7 Å². The number of fused-ring (bicyclic) bond motifs is 3. The van der Waals surface area contributed by atoms with Crippen LogP contribution in [0.4, 0.5) is 10.5 Å². The number of hydroxylamine groups is 2. The molecule has 0 spiro atoms. The first-order valence-electron chi connectivity index (χ1n) is 7.02. The molecule has 1 aliphatic carbocycles. The monoisotopic (exact) mass is 292 g/mol. The average Bonchev–Trinajstić information content (AvgIpc) is 2.49. The van der Waals surface area contributed by atoms with E-state index in [-0.39, 0.29) is 11.4 Å². The SMILES string of the molecule is O=C(Oc1ccc([N+](=O)[O-])cc1)ON1CC2CCC1CC2. The molecule has 1 saturated carbocycles. The first kappa shape index (κ1) is 13.8. The number of benzene rings is 1. The highest BCUT2D eigenvalue weighted by atomic mass is 16.8. The van der Waals surface area contributed by atoms with Crippen molar-refractivity contribution in [2.45, 2.75) is 31.7 Å². The summed E-state index contributed by atoms with van der Waals surface area (Å²) in [6, 6.07) is 5.61. The number of carbonyl (C=O) groups is 1. The molecule has 3 fully saturated rings. The molecule has 0 unspecified atom stereocenters. The lowest BCUT2D eigenvalue weighted by Crippen LogP contribution is -2.48. The van der Waals surface area contributed by atoms with E-state index in [9.17, 15) is 14.9 Å². The van der Waals surface area contributed by atoms with Gasteiger partial charge >= 0.3 is 6.16 Å². The van der Waals surface area contributed by atoms with Crippen LogP contribution in [0.25, 0.3) is 0 Å². The van der Waals surface area contributed by atoms with Crippen LogP contribution < -0.4 is 4.74 Å². The highest BCUT2D eigenvalue weighted by Crippen LogP contribution is 2.35. The summed E-state index contributed by atoms with van der Waals surface area (Å²) in [7, 11) is 0. The van der Waals surface area contributed by atoms with Crippen molar-refractivity contribution in [3.8, 4) is 5.75 Å². The smallest absolute Gasteiger partial charge is 0.394 e. The second kappa shape index (κ2) is 5.69. The molecule has 0 N–H and O–H groups in total. The van der Waals surface area contributed by atoms with Crippen LogP contribution in [0, 0.1) is 16.0 Å². The largest absolute Gasteiger partial charge is 0.533 e. The van der Waals surface area contributed by atoms with Gasteiger partial charge in [0.05, 0.1) is 4.92 Å². The molecule has 7 heteroatoms. The van der Waals surface area contributed by atoms with Crippen molar-refractivity contribution in [3.05, 3.63) is 34.4 Å². The van der Waals surface area contributed by atoms with E-state index in [4.69, 9.17) is 9.57 Å². The number of hydrogen-bond donors (Lipinski definition) is 0. The Balaban J connectivity index is 1.55. The molecule has 0 atom stereocenters. The van der Waals surface area contributed by atoms with Crippen molar-refractivity contribution < 1.29 is 19.3 Å². The zero-order valence-electron chi connectivity index (χ0n) is 11.4. The number of ether oxygens (including phenoxy) is 1. The van der Waals surface area contributed by atoms with E-state index >= 15 is 0 Å². The summed E-state index contributed by atoms with van der Waals surface area (Å²) in [6.45, 7) is 0.764. The van der Waals surface area contributed by atoms with E-state index in [0.29, 0.717) is 12.0 Å². The predicted molar refractivity (Wildman–Crippen MR) is 72.7 cm³/mol. The Labute approximate surface area is 121 Å². The van der Waals surface area contributed by atoms with E-state index in [1.54, 1.807) is 5.06 Å². The maximum atomic E-state index is 11.8. The van der Waals surface area contributed by atoms with Gasteiger partial charge in [-0.1, -0.05) is 0 Å². The fourth-order valence-corrected chi connectivity index (χ4v) is 2.98. The van der Waals surface area contributed by atoms with E-state index < -0.39 is 11.1 Å². The number of nitro benzene ring substituents is 1. The van der Waals surface area contributed by atoms with E-state index in [1.807, 2.05) is 0 Å². The van der Waals surface area contributed by atoms with Gasteiger partial charge in [-0.2, -0.15) is 0 Å². The standard InChI is InChI=1S/C14H16N2O5/c17-14(20-13-7-5-12(6-8-13)16(18)19)21-15-9-10-1-3-11(15)4-2-10/h5-8,10-11H,1-4,9H2. The van der Waals surface area contributed by atoms with Crippen LogP contribution in [0.5, 0.6) is 5.75 Å². The maximum absolute atomic E-state index is 11.8. The van der Waals surface area contributed by atoms with Crippen molar-refractivity contribution in [2.75, 3.05) is 6.54 Å². The highest BCUT2D eigenvalue weighted by molar-refractivity contribution is 5.63. The number of piperidine rings is 2. The van der Waals surface area contributed by atoms with Crippen LogP contribution in [-0.4, -0.2) is 28.7 Å². The summed E-state index contributed by atoms with van der Waals surface area (Å²) < 4.78 is 5.03. The van der Waals surface area contributed by atoms with Crippen molar-refractivity contribution in [1.29, 1.82) is 0 Å². The highest BCUT2D eigenvalue weighted by Gasteiger charge is 2.36. The molecule has 112 valence electrons. The molecule has 2 aliphatic heterocycles. The fraction of sp³-hybridized carbons (Fsp3) is 0.500. The quantitative estimate of drug-likeness (QED) is 0.369. The van der Waals surface area contributed by atoms with E-state index in [0.717, 1.165) is 19.4 Å². The first-order chi connectivity index (χ1) is 10.1. The lowest BCUT2D eigenvalue weighted by atomic mass is 9.81. The van der Waals surface area contributed by atoms with Gasteiger partial charge < -0.3 is 9.57 Å². The molecule has 2 saturated heterocycles. The van der Waals surface area contributed by atoms with Gasteiger partial charge in [0.1, 0.15) is 5.75 Å². The molecule has 4 rings (SSSR count). The van der Waals surface area contributed by atoms with Gasteiger partial charge in [-0.3, -0.25) is 10.1 Å². The summed E-state index contributed by atoms with van der Waals surface area (Å²) in [5.74, 6) is 0.829. The van der Waals surface area contributed by atoms with Gasteiger partial charge in [0.25, 0.3) is 5.69 Å². The molecule has 0 aromatic heterocycles. The Morgan fingerprint density at radius 3 is 2.38 bits per heavy atom. The van der Waals surface area contributed by atoms with Gasteiger partial charge in [-0.25, -0.2) is 4.79 Å². The van der Waals surface area contributed by atoms with Crippen molar-refractivity contribution in [2.24, 2.45) is 5.92 Å². The van der Waals surface area contributed by atoms with E-state index in [2.05, 4.69) is 0 Å². The second-order valence-electron chi connectivity index (χ2n) is 5.47. The minimum Gasteiger partial charge on any atom is -0.394 e. The molecule has 0 radical (unpaired) electrons. The molecular weight excluding hydrogens is 276 g/mol. The van der Waals surface area contributed by atoms with Crippen molar-refractivity contribution in [3.63, 3.8) is 0 Å². The summed E-state index contributed by atoms with van der Waals surface area (Å²) in [5, 5.41) is 12.3. The molecule has 3 aliphatic rings. The molecular formula is C14H16N2O5. The zero-order valence-corrected chi connectivity index (χ0v) is 11.4. The Bertz CT molecular complexity index is 537. The zero-order chi connectivity index (χ0) is 14.8. The van der Waals surface area contributed by atoms with Crippen molar-refractivity contribution in [1.82, 2.24) is 5.06 Å². The van der Waals surface area contributed by atoms with E-state index in [1.165, 1.54) is 37.1 Å². The Morgan fingerprint density at radius 1 is 1.19 bits per heavy atom. The Hall–Kier alpha value is -2.15. The molecule has 0 amide bonds. The molecule has 1 aromatic rings. The fourth-order valence-electron chi connectivity index (χ4n) is 2.98. The van der Waals surface area contributed by atoms with Crippen LogP contribution in [-0.2, 0) is 4.84 Å². The predicted octanol–water partition coefficient (Wildman–Crippen LogP) is 2.90. The van der Waals surface area contributed by atoms with Crippen LogP contribution >= 0.6 is 0 Å². The molecule has 7 nitrogen and oxygen atoms in total. The number of carbonyl (C=O) groups excluding carboxylic acids is 1. The average molecular weight is 292 g/mol. The summed E-state index contributed by atoms with van der Waals surface area (Å²) >= 11 is 0. The number of non-ortho nitro benzene ring substituents is 1. The van der Waals surface area contributed by atoms with Gasteiger partial charge in [-0.15, -0.1) is 5.06 Å². The number of hydrogen-bond acceptors (Lipinski definition) is 6. The van der Waals surface area contributed by atoms with Gasteiger partial charge in [0, 0.05) is 24.7 Å². The maximum Gasteiger partial charge on any atom is 0.533 e. The lowest BCUT2D eigenvalue weighted by molar-refractivity contribution is -0.384. The third kappa shape index (κ3) is 3.13. The number of rotatable bonds is 3. The second-order valence-corrected chi connectivity index (χ2v) is 5.47. The third-order valence-corrected chi connectivity index (χ3v) is 4.10. The first-order valence-corrected chi connectivity index (χ1v) is 7.02. The molecule has 21 heavy (non-hydrogen) atoms. The molecule has 2 bridgehead atoms. The van der Waals surface area contributed by atoms with Crippen molar-refractivity contribution >= 4 is 11.8 Å². The van der Waals surface area contributed by atoms with Gasteiger partial charge in [0.2, 0.25) is 0 Å². The molecule has 2 heterocycles. The Kier molecular flexibility index (Phi) is 3.74. The normalized spacial score (nSPS) is 24.6. The van der Waals surface area contributed by atoms with Crippen LogP contribution in [0.2, 0.25) is 0 Å². The van der Waals surface area contributed by atoms with Crippen LogP contribution in [0.3, 0.4) is 0 Å².